The number of carbonyl (C=O) groups excluding carboxylic acids is 2. The van der Waals surface area contributed by atoms with E-state index in [4.69, 9.17) is 18.9 Å². The Morgan fingerprint density at radius 1 is 1.18 bits per heavy atom. The van der Waals surface area contributed by atoms with E-state index in [0.29, 0.717) is 30.1 Å². The average molecular weight is 562 g/mol. The summed E-state index contributed by atoms with van der Waals surface area (Å²) in [5, 5.41) is 21.4. The number of rotatable bonds is 9. The van der Waals surface area contributed by atoms with Crippen molar-refractivity contribution in [2.75, 3.05) is 33.2 Å². The Morgan fingerprint density at radius 2 is 1.92 bits per heavy atom. The minimum Gasteiger partial charge on any atom is -0.497 e. The third-order valence-corrected chi connectivity index (χ3v) is 9.22. The maximum atomic E-state index is 13.8. The number of thioether (sulfide) groups is 1. The van der Waals surface area contributed by atoms with Gasteiger partial charge in [0.15, 0.2) is 28.3 Å². The topological polar surface area (TPSA) is 115 Å². The third kappa shape index (κ3) is 5.28. The number of esters is 1. The fraction of sp³-hybridized carbons (Fsp3) is 0.655. The molecule has 39 heavy (non-hydrogen) atoms. The van der Waals surface area contributed by atoms with Crippen molar-refractivity contribution in [1.82, 2.24) is 4.90 Å². The number of fused-ring (bicyclic) bond motifs is 3. The lowest BCUT2D eigenvalue weighted by Crippen LogP contribution is -2.49. The van der Waals surface area contributed by atoms with Crippen molar-refractivity contribution >= 4 is 22.8 Å². The van der Waals surface area contributed by atoms with Crippen molar-refractivity contribution < 1.29 is 38.7 Å². The summed E-state index contributed by atoms with van der Waals surface area (Å²) in [5.41, 5.74) is -1.24. The number of hydrogen-bond acceptors (Lipinski definition) is 10. The Bertz CT molecular complexity index is 1160. The molecule has 1 aromatic rings. The normalized spacial score (nSPS) is 27.1. The maximum Gasteiger partial charge on any atom is 0.339 e. The molecule has 4 aliphatic rings. The van der Waals surface area contributed by atoms with Crippen LogP contribution in [0.15, 0.2) is 24.0 Å². The van der Waals surface area contributed by atoms with Crippen molar-refractivity contribution in [1.29, 1.82) is 0 Å². The Balaban J connectivity index is 1.50. The lowest BCUT2D eigenvalue weighted by molar-refractivity contribution is -0.175. The number of nitrogens with zero attached hydrogens (tertiary/aromatic N) is 1. The van der Waals surface area contributed by atoms with Gasteiger partial charge in [-0.15, -0.1) is 0 Å². The molecule has 1 aromatic carbocycles. The number of hydrogen-bond donors (Lipinski definition) is 2. The molecule has 1 fully saturated rings. The van der Waals surface area contributed by atoms with Gasteiger partial charge in [-0.05, 0) is 94.5 Å². The molecule has 4 atom stereocenters. The molecule has 0 radical (unpaired) electrons. The van der Waals surface area contributed by atoms with Gasteiger partial charge in [0, 0.05) is 6.54 Å². The Kier molecular flexibility index (Phi) is 7.69. The van der Waals surface area contributed by atoms with Crippen LogP contribution < -0.4 is 9.47 Å². The van der Waals surface area contributed by atoms with Gasteiger partial charge >= 0.3 is 5.97 Å². The lowest BCUT2D eigenvalue weighted by Gasteiger charge is -2.39. The molecular formula is C29H39NO8S. The van der Waals surface area contributed by atoms with Crippen molar-refractivity contribution in [3.63, 3.8) is 0 Å². The van der Waals surface area contributed by atoms with Crippen molar-refractivity contribution in [2.24, 2.45) is 0 Å². The molecular weight excluding hydrogens is 522 g/mol. The number of benzene rings is 1. The number of methoxy groups -OCH3 is 1. The zero-order chi connectivity index (χ0) is 28.0. The summed E-state index contributed by atoms with van der Waals surface area (Å²) in [6, 6.07) is 4.04. The zero-order valence-electron chi connectivity index (χ0n) is 23.2. The Labute approximate surface area is 233 Å². The van der Waals surface area contributed by atoms with Crippen LogP contribution in [0.1, 0.15) is 69.4 Å². The molecule has 1 spiro atoms. The molecule has 0 aromatic heterocycles. The standard InChI is InChI=1S/C29H39NO8S/c1-27(2,33)8-5-10-29(34,16-23(31)39-4)26(32)38-25-22(35-3)15-28-9-6-11-30(28)12-7-18-13-20-21(37-17-36-20)14-19(18)24(25)28/h13-15,24-25,33-34H,5-12,16-17H2,1-4H3/t24-,25?,28+,29?/m1/s1. The van der Waals surface area contributed by atoms with Crippen LogP contribution in [0, 0.1) is 0 Å². The highest BCUT2D eigenvalue weighted by atomic mass is 32.2. The molecule has 9 nitrogen and oxygen atoms in total. The molecule has 1 saturated heterocycles. The summed E-state index contributed by atoms with van der Waals surface area (Å²) in [5.74, 6) is 0.804. The molecule has 214 valence electrons. The quantitative estimate of drug-likeness (QED) is 0.435. The summed E-state index contributed by atoms with van der Waals surface area (Å²) in [4.78, 5) is 28.7. The van der Waals surface area contributed by atoms with Gasteiger partial charge in [-0.2, -0.15) is 0 Å². The molecule has 1 aliphatic carbocycles. The van der Waals surface area contributed by atoms with Crippen LogP contribution in [-0.4, -0.2) is 82.3 Å². The average Bonchev–Trinajstić information content (AvgIpc) is 3.56. The van der Waals surface area contributed by atoms with Crippen LogP contribution >= 0.6 is 11.8 Å². The predicted molar refractivity (Wildman–Crippen MR) is 146 cm³/mol. The maximum absolute atomic E-state index is 13.8. The van der Waals surface area contributed by atoms with Crippen molar-refractivity contribution in [3.05, 3.63) is 35.1 Å². The summed E-state index contributed by atoms with van der Waals surface area (Å²) >= 11 is 0.966. The molecule has 5 rings (SSSR count). The van der Waals surface area contributed by atoms with Gasteiger partial charge in [-0.1, -0.05) is 11.8 Å². The second-order valence-corrected chi connectivity index (χ2v) is 12.6. The van der Waals surface area contributed by atoms with E-state index in [9.17, 15) is 19.8 Å². The first kappa shape index (κ1) is 28.3. The van der Waals surface area contributed by atoms with E-state index in [0.717, 1.165) is 55.2 Å². The summed E-state index contributed by atoms with van der Waals surface area (Å²) < 4.78 is 23.4. The van der Waals surface area contributed by atoms with Crippen LogP contribution in [0.3, 0.4) is 0 Å². The van der Waals surface area contributed by atoms with Crippen molar-refractivity contribution in [2.45, 2.75) is 87.6 Å². The van der Waals surface area contributed by atoms with Gasteiger partial charge in [-0.3, -0.25) is 9.69 Å². The van der Waals surface area contributed by atoms with Crippen LogP contribution in [0.5, 0.6) is 11.5 Å². The van der Waals surface area contributed by atoms with E-state index < -0.39 is 28.8 Å². The molecule has 0 bridgehead atoms. The van der Waals surface area contributed by atoms with Crippen molar-refractivity contribution in [3.8, 4) is 11.5 Å². The molecule has 3 aliphatic heterocycles. The van der Waals surface area contributed by atoms with Crippen LogP contribution in [-0.2, 0) is 25.5 Å². The van der Waals surface area contributed by atoms with Crippen LogP contribution in [0.4, 0.5) is 0 Å². The monoisotopic (exact) mass is 561 g/mol. The fourth-order valence-electron chi connectivity index (χ4n) is 6.71. The van der Waals surface area contributed by atoms with Gasteiger partial charge < -0.3 is 29.2 Å². The highest BCUT2D eigenvalue weighted by molar-refractivity contribution is 8.13. The van der Waals surface area contributed by atoms with E-state index in [2.05, 4.69) is 11.0 Å². The second-order valence-electron chi connectivity index (χ2n) is 11.7. The first-order valence-electron chi connectivity index (χ1n) is 13.7. The van der Waals surface area contributed by atoms with E-state index in [1.54, 1.807) is 27.2 Å². The molecule has 3 heterocycles. The fourth-order valence-corrected chi connectivity index (χ4v) is 7.09. The van der Waals surface area contributed by atoms with E-state index >= 15 is 0 Å². The van der Waals surface area contributed by atoms with E-state index in [1.807, 2.05) is 12.1 Å². The molecule has 0 saturated carbocycles. The predicted octanol–water partition coefficient (Wildman–Crippen LogP) is 3.30. The van der Waals surface area contributed by atoms with E-state index in [-0.39, 0.29) is 30.7 Å². The summed E-state index contributed by atoms with van der Waals surface area (Å²) in [7, 11) is 1.57. The van der Waals surface area contributed by atoms with Crippen LogP contribution in [0.2, 0.25) is 0 Å². The van der Waals surface area contributed by atoms with Gasteiger partial charge in [0.2, 0.25) is 6.79 Å². The Hall–Kier alpha value is -2.27. The van der Waals surface area contributed by atoms with E-state index in [1.165, 1.54) is 0 Å². The smallest absolute Gasteiger partial charge is 0.339 e. The second kappa shape index (κ2) is 10.6. The summed E-state index contributed by atoms with van der Waals surface area (Å²) in [6.07, 6.45) is 6.00. The zero-order valence-corrected chi connectivity index (χ0v) is 24.0. The molecule has 10 heteroatoms. The largest absolute Gasteiger partial charge is 0.497 e. The van der Waals surface area contributed by atoms with Crippen LogP contribution in [0.25, 0.3) is 0 Å². The molecule has 2 N–H and O–H groups in total. The van der Waals surface area contributed by atoms with Gasteiger partial charge in [0.1, 0.15) is 5.76 Å². The highest BCUT2D eigenvalue weighted by Gasteiger charge is 2.59. The lowest BCUT2D eigenvalue weighted by atomic mass is 9.77. The first-order chi connectivity index (χ1) is 18.5. The SMILES string of the molecule is COC1=C[C@]23CCCN2CCc2cc4c(cc2[C@@H]3C1OC(=O)C(O)(CCCC(C)(C)O)CC(=O)SC)OCO4. The third-order valence-electron chi connectivity index (χ3n) is 8.62. The minimum absolute atomic E-state index is 0.00190. The Morgan fingerprint density at radius 3 is 2.62 bits per heavy atom. The molecule has 2 unspecified atom stereocenters. The number of ether oxygens (including phenoxy) is 4. The number of carbonyl (C=O) groups is 2. The first-order valence-corrected chi connectivity index (χ1v) is 14.9. The van der Waals surface area contributed by atoms with Gasteiger partial charge in [0.25, 0.3) is 0 Å². The molecule has 0 amide bonds. The summed E-state index contributed by atoms with van der Waals surface area (Å²) in [6.45, 7) is 5.29. The minimum atomic E-state index is -2.02. The number of aliphatic hydroxyl groups is 2. The van der Waals surface area contributed by atoms with Gasteiger partial charge in [-0.25, -0.2) is 4.79 Å². The highest BCUT2D eigenvalue weighted by Crippen LogP contribution is 2.55. The van der Waals surface area contributed by atoms with Gasteiger partial charge in [0.05, 0.1) is 30.6 Å².